The Hall–Kier alpha value is -2.85. The van der Waals surface area contributed by atoms with Crippen molar-refractivity contribution in [3.05, 3.63) is 59.2 Å². The molecule has 8 nitrogen and oxygen atoms in total. The highest BCUT2D eigenvalue weighted by Gasteiger charge is 2.29. The molecule has 28 heavy (non-hydrogen) atoms. The number of aromatic carboxylic acids is 1. The number of carbonyl (C=O) groups is 3. The summed E-state index contributed by atoms with van der Waals surface area (Å²) in [6.07, 6.45) is 0. The van der Waals surface area contributed by atoms with Crippen molar-refractivity contribution in [2.45, 2.75) is 18.4 Å². The van der Waals surface area contributed by atoms with Crippen LogP contribution in [0.3, 0.4) is 0 Å². The fourth-order valence-electron chi connectivity index (χ4n) is 2.63. The summed E-state index contributed by atoms with van der Waals surface area (Å²) in [6.45, 7) is 1.70. The fourth-order valence-corrected chi connectivity index (χ4v) is 4.68. The lowest BCUT2D eigenvalue weighted by molar-refractivity contribution is -0.125. The number of thioether (sulfide) groups is 1. The van der Waals surface area contributed by atoms with E-state index in [0.29, 0.717) is 11.1 Å². The quantitative estimate of drug-likeness (QED) is 0.737. The van der Waals surface area contributed by atoms with E-state index in [4.69, 9.17) is 5.11 Å². The van der Waals surface area contributed by atoms with Gasteiger partial charge in [0.1, 0.15) is 0 Å². The predicted molar refractivity (Wildman–Crippen MR) is 104 cm³/mol. The molecular weight excluding hydrogens is 404 g/mol. The standard InChI is InChI=1S/C18H16N2O6S2/c1-11-2-5-13(17(22)23)8-15(11)28(25,26)19-14-6-3-12(4-7-14)9-20-16(21)10-27-18(20)24/h2-8,19H,9-10H2,1H3,(H,22,23). The van der Waals surface area contributed by atoms with Crippen LogP contribution in [-0.4, -0.2) is 41.3 Å². The second-order valence-corrected chi connectivity index (χ2v) is 8.70. The lowest BCUT2D eigenvalue weighted by Gasteiger charge is -2.14. The highest BCUT2D eigenvalue weighted by atomic mass is 32.2. The minimum Gasteiger partial charge on any atom is -0.478 e. The third-order valence-electron chi connectivity index (χ3n) is 4.11. The van der Waals surface area contributed by atoms with Gasteiger partial charge in [0.25, 0.3) is 15.3 Å². The van der Waals surface area contributed by atoms with E-state index >= 15 is 0 Å². The molecule has 3 rings (SSSR count). The van der Waals surface area contributed by atoms with Gasteiger partial charge in [-0.1, -0.05) is 30.0 Å². The zero-order chi connectivity index (χ0) is 20.5. The van der Waals surface area contributed by atoms with Crippen molar-refractivity contribution in [3.63, 3.8) is 0 Å². The number of benzene rings is 2. The van der Waals surface area contributed by atoms with E-state index in [-0.39, 0.29) is 39.6 Å². The lowest BCUT2D eigenvalue weighted by atomic mass is 10.1. The minimum absolute atomic E-state index is 0.122. The van der Waals surface area contributed by atoms with Gasteiger partial charge in [-0.2, -0.15) is 0 Å². The van der Waals surface area contributed by atoms with Gasteiger partial charge >= 0.3 is 5.97 Å². The molecule has 0 unspecified atom stereocenters. The third-order valence-corrected chi connectivity index (χ3v) is 6.49. The summed E-state index contributed by atoms with van der Waals surface area (Å²) in [7, 11) is -3.99. The zero-order valence-electron chi connectivity index (χ0n) is 14.7. The molecule has 2 aromatic rings. The number of aryl methyl sites for hydroxylation is 1. The number of hydrogen-bond acceptors (Lipinski definition) is 6. The first-order valence-electron chi connectivity index (χ1n) is 8.10. The molecule has 1 saturated heterocycles. The average Bonchev–Trinajstić information content (AvgIpc) is 2.95. The van der Waals surface area contributed by atoms with Gasteiger partial charge in [-0.15, -0.1) is 0 Å². The normalized spacial score (nSPS) is 14.4. The number of carboxylic acid groups (broad SMARTS) is 1. The number of nitrogens with zero attached hydrogens (tertiary/aromatic N) is 1. The number of carbonyl (C=O) groups excluding carboxylic acids is 2. The van der Waals surface area contributed by atoms with Crippen LogP contribution in [0.2, 0.25) is 0 Å². The molecule has 1 fully saturated rings. The average molecular weight is 420 g/mol. The molecule has 2 amide bonds. The van der Waals surface area contributed by atoms with Gasteiger partial charge in [-0.05, 0) is 42.3 Å². The van der Waals surface area contributed by atoms with Crippen LogP contribution in [0.4, 0.5) is 10.5 Å². The van der Waals surface area contributed by atoms with Crippen LogP contribution in [0, 0.1) is 6.92 Å². The maximum absolute atomic E-state index is 12.6. The van der Waals surface area contributed by atoms with E-state index < -0.39 is 16.0 Å². The second-order valence-electron chi connectivity index (χ2n) is 6.12. The molecular formula is C18H16N2O6S2. The van der Waals surface area contributed by atoms with Crippen LogP contribution >= 0.6 is 11.8 Å². The van der Waals surface area contributed by atoms with Gasteiger partial charge in [-0.3, -0.25) is 19.2 Å². The summed E-state index contributed by atoms with van der Waals surface area (Å²) >= 11 is 0.950. The van der Waals surface area contributed by atoms with E-state index in [1.807, 2.05) is 0 Å². The zero-order valence-corrected chi connectivity index (χ0v) is 16.3. The summed E-state index contributed by atoms with van der Waals surface area (Å²) in [5.74, 6) is -1.34. The van der Waals surface area contributed by atoms with Gasteiger partial charge in [0.15, 0.2) is 0 Å². The fraction of sp³-hybridized carbons (Fsp3) is 0.167. The van der Waals surface area contributed by atoms with E-state index in [1.54, 1.807) is 19.1 Å². The first kappa shape index (κ1) is 19.9. The lowest BCUT2D eigenvalue weighted by Crippen LogP contribution is -2.27. The van der Waals surface area contributed by atoms with Crippen LogP contribution in [0.5, 0.6) is 0 Å². The van der Waals surface area contributed by atoms with Gasteiger partial charge in [0.2, 0.25) is 5.91 Å². The topological polar surface area (TPSA) is 121 Å². The van der Waals surface area contributed by atoms with Crippen LogP contribution in [0.25, 0.3) is 0 Å². The van der Waals surface area contributed by atoms with E-state index in [0.717, 1.165) is 22.7 Å². The van der Waals surface area contributed by atoms with Crippen LogP contribution in [0.1, 0.15) is 21.5 Å². The van der Waals surface area contributed by atoms with Crippen molar-refractivity contribution >= 4 is 44.6 Å². The van der Waals surface area contributed by atoms with Crippen molar-refractivity contribution in [1.29, 1.82) is 0 Å². The Morgan fingerprint density at radius 3 is 2.43 bits per heavy atom. The molecule has 0 aliphatic carbocycles. The van der Waals surface area contributed by atoms with Crippen molar-refractivity contribution in [2.24, 2.45) is 0 Å². The Kier molecular flexibility index (Phi) is 5.43. The van der Waals surface area contributed by atoms with Crippen LogP contribution in [-0.2, 0) is 21.4 Å². The summed E-state index contributed by atoms with van der Waals surface area (Å²) in [6, 6.07) is 10.1. The van der Waals surface area contributed by atoms with Gasteiger partial charge in [-0.25, -0.2) is 13.2 Å². The molecule has 0 bridgehead atoms. The Morgan fingerprint density at radius 2 is 1.86 bits per heavy atom. The molecule has 10 heteroatoms. The van der Waals surface area contributed by atoms with E-state index in [9.17, 15) is 22.8 Å². The van der Waals surface area contributed by atoms with E-state index in [1.165, 1.54) is 24.3 Å². The first-order chi connectivity index (χ1) is 13.2. The SMILES string of the molecule is Cc1ccc(C(=O)O)cc1S(=O)(=O)Nc1ccc(CN2C(=O)CSC2=O)cc1. The molecule has 1 heterocycles. The largest absolute Gasteiger partial charge is 0.478 e. The highest BCUT2D eigenvalue weighted by molar-refractivity contribution is 8.14. The number of imide groups is 1. The number of amides is 2. The number of anilines is 1. The van der Waals surface area contributed by atoms with E-state index in [2.05, 4.69) is 4.72 Å². The Morgan fingerprint density at radius 1 is 1.18 bits per heavy atom. The summed E-state index contributed by atoms with van der Waals surface area (Å²) < 4.78 is 27.7. The molecule has 146 valence electrons. The summed E-state index contributed by atoms with van der Waals surface area (Å²) in [5, 5.41) is 8.77. The Balaban J connectivity index is 1.78. The molecule has 2 N–H and O–H groups in total. The predicted octanol–water partition coefficient (Wildman–Crippen LogP) is 2.69. The highest BCUT2D eigenvalue weighted by Crippen LogP contribution is 2.24. The summed E-state index contributed by atoms with van der Waals surface area (Å²) in [5.41, 5.74) is 1.24. The molecule has 0 radical (unpaired) electrons. The minimum atomic E-state index is -3.99. The third kappa shape index (κ3) is 4.18. The molecule has 0 saturated carbocycles. The maximum atomic E-state index is 12.6. The van der Waals surface area contributed by atoms with Gasteiger partial charge < -0.3 is 5.11 Å². The second kappa shape index (κ2) is 7.64. The smallest absolute Gasteiger partial charge is 0.335 e. The number of hydrogen-bond donors (Lipinski definition) is 2. The van der Waals surface area contributed by atoms with Gasteiger partial charge in [0.05, 0.1) is 22.8 Å². The molecule has 1 aliphatic heterocycles. The van der Waals surface area contributed by atoms with Crippen molar-refractivity contribution < 1.29 is 27.9 Å². The van der Waals surface area contributed by atoms with Crippen LogP contribution in [0.15, 0.2) is 47.4 Å². The Labute approximate surface area is 165 Å². The molecule has 2 aromatic carbocycles. The molecule has 0 atom stereocenters. The number of nitrogens with one attached hydrogen (secondary N) is 1. The van der Waals surface area contributed by atoms with Crippen molar-refractivity contribution in [2.75, 3.05) is 10.5 Å². The molecule has 1 aliphatic rings. The number of sulfonamides is 1. The first-order valence-corrected chi connectivity index (χ1v) is 10.6. The molecule has 0 spiro atoms. The number of rotatable bonds is 6. The summed E-state index contributed by atoms with van der Waals surface area (Å²) in [4.78, 5) is 35.4. The Bertz CT molecular complexity index is 1050. The maximum Gasteiger partial charge on any atom is 0.335 e. The molecule has 0 aromatic heterocycles. The van der Waals surface area contributed by atoms with Crippen molar-refractivity contribution in [3.8, 4) is 0 Å². The van der Waals surface area contributed by atoms with Crippen molar-refractivity contribution in [1.82, 2.24) is 4.90 Å². The van der Waals surface area contributed by atoms with Crippen LogP contribution < -0.4 is 4.72 Å². The van der Waals surface area contributed by atoms with Gasteiger partial charge in [0, 0.05) is 5.69 Å². The monoisotopic (exact) mass is 420 g/mol. The number of carboxylic acids is 1.